The highest BCUT2D eigenvalue weighted by Gasteiger charge is 2.52. The Morgan fingerprint density at radius 2 is 0.684 bits per heavy atom. The molecule has 4 aliphatic rings. The average Bonchev–Trinajstić information content (AvgIpc) is 0.821. The van der Waals surface area contributed by atoms with Gasteiger partial charge in [0.05, 0.1) is 58.0 Å². The Hall–Kier alpha value is -2.02. The number of carbonyl (C=O) groups excluding carboxylic acids is 2. The first-order valence-corrected chi connectivity index (χ1v) is 31.1. The third-order valence-electron chi connectivity index (χ3n) is 16.0. The van der Waals surface area contributed by atoms with Crippen molar-refractivity contribution < 1.29 is 181 Å². The van der Waals surface area contributed by atoms with Crippen LogP contribution in [-0.4, -0.2) is 385 Å². The highest BCUT2D eigenvalue weighted by atomic mass is 16.7. The lowest BCUT2D eigenvalue weighted by Gasteiger charge is -2.45. The highest BCUT2D eigenvalue weighted by molar-refractivity contribution is 5.88. The number of ether oxygens (including phenoxy) is 7. The molecule has 4 rings (SSSR count). The molecule has 566 valence electrons. The summed E-state index contributed by atoms with van der Waals surface area (Å²) in [6.45, 7) is 17.5. The molecule has 36 heteroatoms. The molecule has 0 saturated carbocycles. The van der Waals surface area contributed by atoms with Crippen LogP contribution >= 0.6 is 0 Å². The zero-order valence-electron chi connectivity index (χ0n) is 55.9. The molecule has 0 bridgehead atoms. The van der Waals surface area contributed by atoms with E-state index in [0.717, 1.165) is 0 Å². The normalized spacial score (nSPS) is 35.7. The largest absolute Gasteiger partial charge is 0.394 e. The van der Waals surface area contributed by atoms with Crippen molar-refractivity contribution in [1.29, 1.82) is 0 Å². The monoisotopic (exact) mass is 1400 g/mol. The van der Waals surface area contributed by atoms with Crippen molar-refractivity contribution in [2.45, 2.75) is 299 Å². The minimum atomic E-state index is -2.02. The summed E-state index contributed by atoms with van der Waals surface area (Å²) in [5.74, 6) is -1.47. The molecule has 36 nitrogen and oxygen atoms in total. The van der Waals surface area contributed by atoms with E-state index in [1.807, 2.05) is 41.5 Å². The molecule has 11 unspecified atom stereocenters. The van der Waals surface area contributed by atoms with Gasteiger partial charge in [0.15, 0.2) is 30.4 Å². The maximum absolute atomic E-state index is 12.2. The number of rotatable bonds is 25. The predicted octanol–water partition coefficient (Wildman–Crippen LogP) is -11.3. The number of Topliss-reactive ketones (excluding diaryl/α,β-unsaturated/α-hetero) is 2. The first kappa shape index (κ1) is 91.0. The van der Waals surface area contributed by atoms with Crippen molar-refractivity contribution in [2.75, 3.05) is 39.6 Å². The second-order valence-corrected chi connectivity index (χ2v) is 28.4. The number of carbonyl (C=O) groups is 2. The SMILES string of the molecule is CC(C)(C)C(=O)[C@H](O)[C@@H](O)[C@H](O)[C@@H](CO)OC1O[C@H](CO)[C@H](O)[C@H](O)[C@H]1O.CC(C)(C)C1OC(CO)[C@H](O)[C@H](O)C1O.CC(C)(C)CC(O)C(O)C(O[C@@H]1OC(CO)[C@@H](O)[C@H](O)C1O)C(O)CO.CC[C@H]1OC(O[C@@H]([C@H](O)[C@@H](O)C(=O)C(C)(C)C)[C@H](O)CO)[C@H](O)[C@@H](O)[C@H]1O. The molecule has 4 fully saturated rings. The van der Waals surface area contributed by atoms with Gasteiger partial charge in [-0.2, -0.15) is 0 Å². The van der Waals surface area contributed by atoms with Gasteiger partial charge >= 0.3 is 0 Å². The van der Waals surface area contributed by atoms with Gasteiger partial charge in [0.1, 0.15) is 159 Å². The quantitative estimate of drug-likeness (QED) is 0.0404. The fourth-order valence-corrected chi connectivity index (χ4v) is 10.0. The zero-order chi connectivity index (χ0) is 74.2. The Bertz CT molecular complexity index is 2150. The molecule has 32 atom stereocenters. The second kappa shape index (κ2) is 39.4. The van der Waals surface area contributed by atoms with Gasteiger partial charge in [0.25, 0.3) is 0 Å². The minimum Gasteiger partial charge on any atom is -0.394 e. The Morgan fingerprint density at radius 1 is 0.368 bits per heavy atom. The van der Waals surface area contributed by atoms with Crippen LogP contribution in [0.15, 0.2) is 0 Å². The summed E-state index contributed by atoms with van der Waals surface area (Å²) in [5, 5.41) is 264. The van der Waals surface area contributed by atoms with Crippen molar-refractivity contribution >= 4 is 11.6 Å². The molecule has 4 aliphatic heterocycles. The van der Waals surface area contributed by atoms with E-state index in [9.17, 15) is 137 Å². The summed E-state index contributed by atoms with van der Waals surface area (Å²) in [6, 6.07) is 0. The molecular formula is C59H114O36. The summed E-state index contributed by atoms with van der Waals surface area (Å²) in [5.41, 5.74) is -2.72. The van der Waals surface area contributed by atoms with Gasteiger partial charge in [-0.3, -0.25) is 9.59 Å². The van der Waals surface area contributed by atoms with Crippen LogP contribution in [0.2, 0.25) is 0 Å². The van der Waals surface area contributed by atoms with Gasteiger partial charge in [-0.25, -0.2) is 0 Å². The molecule has 0 aromatic carbocycles. The highest BCUT2D eigenvalue weighted by Crippen LogP contribution is 2.34. The standard InChI is InChI=1S/C17H32O10.C16H30O11.C16H32O10.C10H20O5/c1-5-8-9(20)10(21)13(24)16(26-8)27-14(7(19)6-18)11(22)12(23)15(25)17(2,3)4;1-16(2,3)14(25)12(23)10(21)8(19)6(4-17)26-15-13(24)11(22)9(20)7(5-18)27-15;1-16(2,3)4-7(19)10(21)14(8(20)5-17)26-15-13(24)12(23)11(22)9(6-18)25-15;1-10(2,3)9-8(14)7(13)6(12)5(4-11)15-9/h7-14,16,18-24H,5-6H2,1-4H3;6-13,15,17-24H,4-5H2,1-3H3;7-15,17-24H,4-6H2,1-3H3;5-9,11-14H,4H2,1-3H3/t7-,8-,9+,10+,11-,12-,13-,14-,16?;6-,7-,8-,9+,10+,11+,12-,13-,15?;7?,8?,9?,10?,11-,12+,13?,14?,15+;5?,6-,7-,8?,9?/m1110/s1. The Morgan fingerprint density at radius 3 is 1.00 bits per heavy atom. The molecule has 0 aliphatic carbocycles. The lowest BCUT2D eigenvalue weighted by molar-refractivity contribution is -0.327. The number of aliphatic hydroxyl groups is 27. The summed E-state index contributed by atoms with van der Waals surface area (Å²) in [4.78, 5) is 24.3. The van der Waals surface area contributed by atoms with Crippen molar-refractivity contribution in [3.8, 4) is 0 Å². The van der Waals surface area contributed by atoms with Gasteiger partial charge in [-0.1, -0.05) is 90.0 Å². The van der Waals surface area contributed by atoms with Crippen LogP contribution in [0.25, 0.3) is 0 Å². The van der Waals surface area contributed by atoms with Gasteiger partial charge in [-0.05, 0) is 23.7 Å². The fourth-order valence-electron chi connectivity index (χ4n) is 10.0. The van der Waals surface area contributed by atoms with E-state index in [-0.39, 0.29) is 30.3 Å². The molecule has 27 N–H and O–H groups in total. The first-order chi connectivity index (χ1) is 43.4. The second-order valence-electron chi connectivity index (χ2n) is 28.4. The van der Waals surface area contributed by atoms with E-state index in [1.165, 1.54) is 41.5 Å². The van der Waals surface area contributed by atoms with E-state index in [0.29, 0.717) is 0 Å². The molecular weight excluding hydrogens is 1280 g/mol. The van der Waals surface area contributed by atoms with E-state index < -0.39 is 251 Å². The lowest BCUT2D eigenvalue weighted by atomic mass is 9.80. The molecule has 0 aromatic heterocycles. The Labute approximate surface area is 550 Å². The number of hydrogen-bond donors (Lipinski definition) is 27. The van der Waals surface area contributed by atoms with Crippen LogP contribution in [0.5, 0.6) is 0 Å². The summed E-state index contributed by atoms with van der Waals surface area (Å²) >= 11 is 0. The number of ketones is 2. The number of hydrogen-bond acceptors (Lipinski definition) is 36. The molecule has 4 heterocycles. The van der Waals surface area contributed by atoms with Gasteiger partial charge < -0.3 is 171 Å². The Kier molecular flexibility index (Phi) is 37.8. The van der Waals surface area contributed by atoms with Crippen molar-refractivity contribution in [3.63, 3.8) is 0 Å². The maximum Gasteiger partial charge on any atom is 0.187 e. The summed E-state index contributed by atoms with van der Waals surface area (Å²) in [6.07, 6.45) is -48.8. The molecule has 95 heavy (non-hydrogen) atoms. The van der Waals surface area contributed by atoms with Crippen molar-refractivity contribution in [2.24, 2.45) is 21.7 Å². The summed E-state index contributed by atoms with van der Waals surface area (Å²) in [7, 11) is 0. The molecule has 4 saturated heterocycles. The van der Waals surface area contributed by atoms with Crippen LogP contribution in [0.1, 0.15) is 103 Å². The van der Waals surface area contributed by atoms with E-state index in [2.05, 4.69) is 0 Å². The number of aliphatic hydroxyl groups excluding tert-OH is 27. The third kappa shape index (κ3) is 25.5. The molecule has 0 amide bonds. The molecule has 0 aromatic rings. The lowest BCUT2D eigenvalue weighted by Crippen LogP contribution is -2.61. The third-order valence-corrected chi connectivity index (χ3v) is 16.0. The fraction of sp³-hybridized carbons (Fsp3) is 0.966. The van der Waals surface area contributed by atoms with Gasteiger partial charge in [0, 0.05) is 10.8 Å². The molecule has 0 radical (unpaired) electrons. The van der Waals surface area contributed by atoms with Gasteiger partial charge in [-0.15, -0.1) is 0 Å². The summed E-state index contributed by atoms with van der Waals surface area (Å²) < 4.78 is 36.8. The van der Waals surface area contributed by atoms with Crippen LogP contribution < -0.4 is 0 Å². The zero-order valence-corrected chi connectivity index (χ0v) is 55.9. The van der Waals surface area contributed by atoms with E-state index in [4.69, 9.17) is 43.4 Å². The maximum atomic E-state index is 12.2. The first-order valence-electron chi connectivity index (χ1n) is 31.1. The van der Waals surface area contributed by atoms with Crippen molar-refractivity contribution in [3.05, 3.63) is 0 Å². The van der Waals surface area contributed by atoms with E-state index >= 15 is 0 Å². The van der Waals surface area contributed by atoms with Crippen LogP contribution in [0.4, 0.5) is 0 Å². The topological polar surface area (TPSA) is 645 Å². The average molecular weight is 1400 g/mol. The Balaban J connectivity index is 0.000000645. The minimum absolute atomic E-state index is 0.154. The van der Waals surface area contributed by atoms with Gasteiger partial charge in [0.2, 0.25) is 0 Å². The van der Waals surface area contributed by atoms with Crippen molar-refractivity contribution in [1.82, 2.24) is 0 Å². The van der Waals surface area contributed by atoms with E-state index in [1.54, 1.807) is 6.92 Å². The smallest absolute Gasteiger partial charge is 0.187 e. The van der Waals surface area contributed by atoms with Crippen LogP contribution in [0.3, 0.4) is 0 Å². The van der Waals surface area contributed by atoms with Crippen LogP contribution in [-0.2, 0) is 42.7 Å². The van der Waals surface area contributed by atoms with Crippen LogP contribution in [0, 0.1) is 21.7 Å². The molecule has 0 spiro atoms. The predicted molar refractivity (Wildman–Crippen MR) is 321 cm³/mol.